The molecule has 0 saturated carbocycles. The second-order valence-corrected chi connectivity index (χ2v) is 15.1. The first kappa shape index (κ1) is 35.5. The zero-order chi connectivity index (χ0) is 35.6. The molecule has 0 unspecified atom stereocenters. The number of rotatable bonds is 10. The maximum atomic E-state index is 10.1. The Kier molecular flexibility index (Phi) is 10.3. The van der Waals surface area contributed by atoms with E-state index in [1.54, 1.807) is 0 Å². The zero-order valence-corrected chi connectivity index (χ0v) is 31.2. The van der Waals surface area contributed by atoms with E-state index in [0.29, 0.717) is 6.54 Å². The van der Waals surface area contributed by atoms with Gasteiger partial charge in [-0.15, -0.1) is 0 Å². The summed E-state index contributed by atoms with van der Waals surface area (Å²) in [6.07, 6.45) is 10.8. The highest BCUT2D eigenvalue weighted by atomic mass is 35.5. The lowest BCUT2D eigenvalue weighted by Gasteiger charge is -2.30. The summed E-state index contributed by atoms with van der Waals surface area (Å²) in [7, 11) is 0. The molecule has 0 bridgehead atoms. The first-order chi connectivity index (χ1) is 23.9. The van der Waals surface area contributed by atoms with Crippen molar-refractivity contribution in [3.05, 3.63) is 183 Å². The number of aliphatic hydroxyl groups excluding tert-OH is 1. The highest BCUT2D eigenvalue weighted by Crippen LogP contribution is 2.49. The maximum Gasteiger partial charge on any atom is 0.0610 e. The van der Waals surface area contributed by atoms with E-state index in [0.717, 1.165) is 51.2 Å². The lowest BCUT2D eigenvalue weighted by Crippen LogP contribution is -2.28. The van der Waals surface area contributed by atoms with Gasteiger partial charge in [0, 0.05) is 50.2 Å². The molecule has 256 valence electrons. The van der Waals surface area contributed by atoms with Crippen molar-refractivity contribution in [3.8, 4) is 0 Å². The molecule has 1 N–H and O–H groups in total. The number of para-hydroxylation sites is 2. The average molecular weight is 702 g/mol. The van der Waals surface area contributed by atoms with Gasteiger partial charge in [0.15, 0.2) is 0 Å². The second kappa shape index (κ2) is 14.5. The quantitative estimate of drug-likeness (QED) is 0.167. The Bertz CT molecular complexity index is 1980. The highest BCUT2D eigenvalue weighted by Gasteiger charge is 2.40. The molecule has 0 amide bonds. The fourth-order valence-electron chi connectivity index (χ4n) is 7.40. The molecule has 0 spiro atoms. The molecule has 1 aliphatic heterocycles. The first-order valence-electron chi connectivity index (χ1n) is 17.3. The third kappa shape index (κ3) is 6.88. The number of β-amino-alcohol motifs (C(OH)–C–C–N with tert-alkyl or cyclic N) is 1. The number of aliphatic hydroxyl groups is 1. The maximum absolute atomic E-state index is 10.1. The Morgan fingerprint density at radius 2 is 1.50 bits per heavy atom. The molecule has 1 heterocycles. The van der Waals surface area contributed by atoms with Gasteiger partial charge in [0.05, 0.1) is 12.3 Å². The molecule has 2 aliphatic rings. The van der Waals surface area contributed by atoms with Crippen LogP contribution in [-0.4, -0.2) is 18.3 Å². The van der Waals surface area contributed by atoms with Gasteiger partial charge in [-0.25, -0.2) is 0 Å². The lowest BCUT2D eigenvalue weighted by atomic mass is 9.76. The van der Waals surface area contributed by atoms with Crippen molar-refractivity contribution in [2.75, 3.05) is 23.0 Å². The number of allylic oxidation sites excluding steroid dienone is 8. The lowest BCUT2D eigenvalue weighted by molar-refractivity contribution is 0.304. The van der Waals surface area contributed by atoms with Gasteiger partial charge in [-0.2, -0.15) is 0 Å². The summed E-state index contributed by atoms with van der Waals surface area (Å²) in [4.78, 5) is 4.61. The van der Waals surface area contributed by atoms with Gasteiger partial charge in [-0.1, -0.05) is 118 Å². The van der Waals surface area contributed by atoms with Gasteiger partial charge in [0.25, 0.3) is 0 Å². The van der Waals surface area contributed by atoms with Gasteiger partial charge in [0.1, 0.15) is 0 Å². The highest BCUT2D eigenvalue weighted by molar-refractivity contribution is 6.31. The van der Waals surface area contributed by atoms with Crippen molar-refractivity contribution in [1.82, 2.24) is 0 Å². The molecule has 50 heavy (non-hydrogen) atoms. The predicted molar refractivity (Wildman–Crippen MR) is 214 cm³/mol. The van der Waals surface area contributed by atoms with Gasteiger partial charge in [-0.3, -0.25) is 0 Å². The van der Waals surface area contributed by atoms with Crippen LogP contribution in [0.4, 0.5) is 17.1 Å². The Morgan fingerprint density at radius 3 is 2.14 bits per heavy atom. The Morgan fingerprint density at radius 1 is 0.880 bits per heavy atom. The summed E-state index contributed by atoms with van der Waals surface area (Å²) in [6.45, 7) is 16.2. The SMILES string of the molecule is C=C(/C=C/C1=C(N(c2ccccc2)c2ccccc2)C(=C/C=C2/N(CCO)c3ccc(Cl)cc3C2(C)C)/CC1)C(C)(C)c1cc(Cl)ccc1C. The Labute approximate surface area is 308 Å². The predicted octanol–water partition coefficient (Wildman–Crippen LogP) is 12.2. The number of nitrogens with zero attached hydrogens (tertiary/aromatic N) is 2. The van der Waals surface area contributed by atoms with Crippen LogP contribution in [0.25, 0.3) is 0 Å². The third-order valence-electron chi connectivity index (χ3n) is 10.3. The molecule has 1 aliphatic carbocycles. The van der Waals surface area contributed by atoms with Crippen LogP contribution in [0.3, 0.4) is 0 Å². The van der Waals surface area contributed by atoms with Crippen molar-refractivity contribution in [1.29, 1.82) is 0 Å². The van der Waals surface area contributed by atoms with Crippen molar-refractivity contribution >= 4 is 40.3 Å². The summed E-state index contributed by atoms with van der Waals surface area (Å²) in [5, 5.41) is 11.5. The van der Waals surface area contributed by atoms with Gasteiger partial charge < -0.3 is 14.9 Å². The first-order valence-corrected chi connectivity index (χ1v) is 18.1. The summed E-state index contributed by atoms with van der Waals surface area (Å²) < 4.78 is 0. The smallest absolute Gasteiger partial charge is 0.0610 e. The van der Waals surface area contributed by atoms with Crippen LogP contribution in [0, 0.1) is 6.92 Å². The van der Waals surface area contributed by atoms with E-state index in [1.165, 1.54) is 33.5 Å². The van der Waals surface area contributed by atoms with Crippen molar-refractivity contribution in [2.24, 2.45) is 0 Å². The number of aryl methyl sites for hydroxylation is 1. The van der Waals surface area contributed by atoms with Gasteiger partial charge in [-0.05, 0) is 114 Å². The van der Waals surface area contributed by atoms with E-state index in [9.17, 15) is 5.11 Å². The standard InChI is InChI=1S/C45H46Cl2N2O/c1-31-17-23-35(46)29-39(31)44(3,4)32(2)18-19-33-20-21-34(43(33)49(37-13-9-7-10-14-37)38-15-11-8-12-16-38)22-26-42-45(5,6)40-30-36(47)24-25-41(40)48(42)27-28-50/h7-19,22-26,29-30,50H,2,20-21,27-28H2,1,3-6H3/b19-18+,34-22+,42-26+. The minimum absolute atomic E-state index is 0.0525. The second-order valence-electron chi connectivity index (χ2n) is 14.2. The molecule has 5 heteroatoms. The third-order valence-corrected chi connectivity index (χ3v) is 10.8. The van der Waals surface area contributed by atoms with Crippen LogP contribution in [0.5, 0.6) is 0 Å². The summed E-state index contributed by atoms with van der Waals surface area (Å²) >= 11 is 12.9. The number of hydrogen-bond donors (Lipinski definition) is 1. The van der Waals surface area contributed by atoms with Crippen LogP contribution in [0.2, 0.25) is 10.0 Å². The number of halogens is 2. The van der Waals surface area contributed by atoms with Gasteiger partial charge >= 0.3 is 0 Å². The monoisotopic (exact) mass is 700 g/mol. The fraction of sp³-hybridized carbons (Fsp3) is 0.244. The van der Waals surface area contributed by atoms with E-state index >= 15 is 0 Å². The van der Waals surface area contributed by atoms with Crippen LogP contribution < -0.4 is 9.80 Å². The van der Waals surface area contributed by atoms with E-state index in [2.05, 4.69) is 160 Å². The number of benzene rings is 4. The van der Waals surface area contributed by atoms with Gasteiger partial charge in [0.2, 0.25) is 0 Å². The Hall–Kier alpha value is -4.28. The molecule has 0 atom stereocenters. The minimum atomic E-state index is -0.311. The molecular formula is C45H46Cl2N2O. The van der Waals surface area contributed by atoms with Crippen molar-refractivity contribution in [3.63, 3.8) is 0 Å². The molecule has 6 rings (SSSR count). The molecule has 0 radical (unpaired) electrons. The normalized spacial score (nSPS) is 17.3. The van der Waals surface area contributed by atoms with Crippen molar-refractivity contribution in [2.45, 2.75) is 58.3 Å². The molecule has 4 aromatic carbocycles. The van der Waals surface area contributed by atoms with Crippen LogP contribution >= 0.6 is 23.2 Å². The fourth-order valence-corrected chi connectivity index (χ4v) is 7.75. The van der Waals surface area contributed by atoms with Crippen LogP contribution in [-0.2, 0) is 10.8 Å². The summed E-state index contributed by atoms with van der Waals surface area (Å²) in [5.41, 5.74) is 12.0. The minimum Gasteiger partial charge on any atom is -0.395 e. The summed E-state index contributed by atoms with van der Waals surface area (Å²) in [5.74, 6) is 0. The molecule has 0 fully saturated rings. The van der Waals surface area contributed by atoms with Crippen LogP contribution in [0.1, 0.15) is 57.2 Å². The molecule has 3 nitrogen and oxygen atoms in total. The average Bonchev–Trinajstić information content (AvgIpc) is 3.59. The number of hydrogen-bond acceptors (Lipinski definition) is 3. The Balaban J connectivity index is 1.49. The molecule has 0 aromatic heterocycles. The summed E-state index contributed by atoms with van der Waals surface area (Å²) in [6, 6.07) is 33.3. The molecule has 4 aromatic rings. The number of anilines is 3. The van der Waals surface area contributed by atoms with E-state index in [1.807, 2.05) is 12.1 Å². The van der Waals surface area contributed by atoms with E-state index in [-0.39, 0.29) is 17.4 Å². The molecule has 0 saturated heterocycles. The van der Waals surface area contributed by atoms with Crippen molar-refractivity contribution < 1.29 is 5.11 Å². The largest absolute Gasteiger partial charge is 0.395 e. The topological polar surface area (TPSA) is 26.7 Å². The van der Waals surface area contributed by atoms with Crippen LogP contribution in [0.15, 0.2) is 156 Å². The van der Waals surface area contributed by atoms with E-state index < -0.39 is 0 Å². The number of fused-ring (bicyclic) bond motifs is 1. The molecular weight excluding hydrogens is 655 g/mol. The van der Waals surface area contributed by atoms with E-state index in [4.69, 9.17) is 23.2 Å². The zero-order valence-electron chi connectivity index (χ0n) is 29.7.